The number of rotatable bonds is 5. The lowest BCUT2D eigenvalue weighted by Crippen LogP contribution is -2.48. The molecule has 9 heteroatoms. The van der Waals surface area contributed by atoms with Gasteiger partial charge in [0.25, 0.3) is 0 Å². The smallest absolute Gasteiger partial charge is 0.236 e. The van der Waals surface area contributed by atoms with Gasteiger partial charge in [-0.25, -0.2) is 15.0 Å². The molecule has 0 radical (unpaired) electrons. The molecule has 31 heavy (non-hydrogen) atoms. The van der Waals surface area contributed by atoms with Gasteiger partial charge in [0.05, 0.1) is 37.3 Å². The Labute approximate surface area is 181 Å². The van der Waals surface area contributed by atoms with Crippen molar-refractivity contribution in [3.05, 3.63) is 42.9 Å². The second-order valence-corrected chi connectivity index (χ2v) is 8.03. The summed E-state index contributed by atoms with van der Waals surface area (Å²) in [4.78, 5) is 30.3. The van der Waals surface area contributed by atoms with Crippen LogP contribution in [-0.2, 0) is 9.53 Å². The molecule has 2 fully saturated rings. The number of amides is 1. The number of anilines is 1. The number of likely N-dealkylation sites (tertiary alicyclic amines) is 1. The Hall–Kier alpha value is -3.04. The molecule has 9 nitrogen and oxygen atoms in total. The molecule has 0 aliphatic carbocycles. The van der Waals surface area contributed by atoms with E-state index in [0.717, 1.165) is 56.1 Å². The van der Waals surface area contributed by atoms with Crippen molar-refractivity contribution in [1.82, 2.24) is 29.2 Å². The molecule has 3 aromatic heterocycles. The fraction of sp³-hybridized carbons (Fsp3) is 0.455. The number of ether oxygens (including phenoxy) is 1. The number of fused-ring (bicyclic) bond motifs is 1. The summed E-state index contributed by atoms with van der Waals surface area (Å²) in [5.74, 6) is 0.827. The van der Waals surface area contributed by atoms with Crippen molar-refractivity contribution in [3.63, 3.8) is 0 Å². The fourth-order valence-electron chi connectivity index (χ4n) is 4.20. The van der Waals surface area contributed by atoms with Crippen molar-refractivity contribution < 1.29 is 9.53 Å². The first kappa shape index (κ1) is 19.9. The molecular formula is C22H27N7O2. The lowest BCUT2D eigenvalue weighted by atomic mass is 10.1. The predicted molar refractivity (Wildman–Crippen MR) is 117 cm³/mol. The number of hydrogen-bond donors (Lipinski definition) is 1. The van der Waals surface area contributed by atoms with Crippen LogP contribution in [0.1, 0.15) is 12.8 Å². The summed E-state index contributed by atoms with van der Waals surface area (Å²) < 4.78 is 7.38. The SMILES string of the molecule is O=C(CN1CCOCC1)N1CCC(Nc2nccc(-c3cnc4ccccn34)n2)CC1. The second kappa shape index (κ2) is 8.99. The number of nitrogens with one attached hydrogen (secondary N) is 1. The Morgan fingerprint density at radius 2 is 1.94 bits per heavy atom. The molecule has 2 aliphatic heterocycles. The number of nitrogens with zero attached hydrogens (tertiary/aromatic N) is 6. The van der Waals surface area contributed by atoms with Gasteiger partial charge in [0, 0.05) is 44.6 Å². The zero-order chi connectivity index (χ0) is 21.0. The first-order chi connectivity index (χ1) is 15.3. The van der Waals surface area contributed by atoms with Crippen LogP contribution in [0.15, 0.2) is 42.9 Å². The number of imidazole rings is 1. The van der Waals surface area contributed by atoms with Gasteiger partial charge in [-0.3, -0.25) is 14.1 Å². The van der Waals surface area contributed by atoms with Crippen LogP contribution < -0.4 is 5.32 Å². The molecule has 162 valence electrons. The van der Waals surface area contributed by atoms with Crippen molar-refractivity contribution in [2.24, 2.45) is 0 Å². The zero-order valence-electron chi connectivity index (χ0n) is 17.5. The van der Waals surface area contributed by atoms with Gasteiger partial charge >= 0.3 is 0 Å². The number of carbonyl (C=O) groups excluding carboxylic acids is 1. The van der Waals surface area contributed by atoms with E-state index in [0.29, 0.717) is 25.7 Å². The maximum atomic E-state index is 12.6. The summed E-state index contributed by atoms with van der Waals surface area (Å²) in [5, 5.41) is 3.46. The van der Waals surface area contributed by atoms with Crippen LogP contribution in [0, 0.1) is 0 Å². The first-order valence-electron chi connectivity index (χ1n) is 10.9. The minimum absolute atomic E-state index is 0.214. The van der Waals surface area contributed by atoms with E-state index >= 15 is 0 Å². The normalized spacial score (nSPS) is 18.4. The van der Waals surface area contributed by atoms with Gasteiger partial charge in [0.2, 0.25) is 11.9 Å². The predicted octanol–water partition coefficient (Wildman–Crippen LogP) is 1.53. The fourth-order valence-corrected chi connectivity index (χ4v) is 4.20. The molecule has 3 aromatic rings. The van der Waals surface area contributed by atoms with E-state index in [1.165, 1.54) is 0 Å². The monoisotopic (exact) mass is 421 g/mol. The summed E-state index contributed by atoms with van der Waals surface area (Å²) in [6, 6.07) is 8.07. The Morgan fingerprint density at radius 3 is 2.77 bits per heavy atom. The van der Waals surface area contributed by atoms with E-state index in [4.69, 9.17) is 9.72 Å². The highest BCUT2D eigenvalue weighted by molar-refractivity contribution is 5.78. The Kier molecular flexibility index (Phi) is 5.77. The molecule has 2 aliphatic rings. The lowest BCUT2D eigenvalue weighted by molar-refractivity contribution is -0.134. The van der Waals surface area contributed by atoms with Gasteiger partial charge in [-0.1, -0.05) is 6.07 Å². The highest BCUT2D eigenvalue weighted by atomic mass is 16.5. The number of hydrogen-bond acceptors (Lipinski definition) is 7. The summed E-state index contributed by atoms with van der Waals surface area (Å²) in [6.07, 6.45) is 7.36. The molecule has 0 spiro atoms. The van der Waals surface area contributed by atoms with Crippen LogP contribution in [-0.4, -0.2) is 87.0 Å². The number of piperidine rings is 1. The van der Waals surface area contributed by atoms with Crippen molar-refractivity contribution in [2.45, 2.75) is 18.9 Å². The zero-order valence-corrected chi connectivity index (χ0v) is 17.5. The van der Waals surface area contributed by atoms with Crippen LogP contribution in [0.2, 0.25) is 0 Å². The standard InChI is InChI=1S/C22H27N7O2/c30-21(16-27-11-13-31-14-12-27)28-9-5-17(6-10-28)25-22-23-7-4-18(26-22)19-15-24-20-3-1-2-8-29(19)20/h1-4,7-8,15,17H,5-6,9-14,16H2,(H,23,25,26). The van der Waals surface area contributed by atoms with Crippen molar-refractivity contribution >= 4 is 17.5 Å². The van der Waals surface area contributed by atoms with E-state index in [-0.39, 0.29) is 11.9 Å². The number of carbonyl (C=O) groups is 1. The quantitative estimate of drug-likeness (QED) is 0.668. The number of morpholine rings is 1. The van der Waals surface area contributed by atoms with Gasteiger partial charge in [-0.15, -0.1) is 0 Å². The molecule has 2 saturated heterocycles. The Bertz CT molecular complexity index is 1040. The number of aromatic nitrogens is 4. The van der Waals surface area contributed by atoms with Crippen molar-refractivity contribution in [1.29, 1.82) is 0 Å². The maximum absolute atomic E-state index is 12.6. The lowest BCUT2D eigenvalue weighted by Gasteiger charge is -2.34. The van der Waals surface area contributed by atoms with E-state index in [2.05, 4.69) is 20.2 Å². The third-order valence-electron chi connectivity index (χ3n) is 5.98. The highest BCUT2D eigenvalue weighted by Crippen LogP contribution is 2.21. The van der Waals surface area contributed by atoms with Crippen LogP contribution in [0.4, 0.5) is 5.95 Å². The Morgan fingerprint density at radius 1 is 1.10 bits per heavy atom. The van der Waals surface area contributed by atoms with E-state index in [1.54, 1.807) is 6.20 Å². The van der Waals surface area contributed by atoms with Gasteiger partial charge in [-0.2, -0.15) is 0 Å². The minimum Gasteiger partial charge on any atom is -0.379 e. The van der Waals surface area contributed by atoms with Crippen molar-refractivity contribution in [3.8, 4) is 11.4 Å². The maximum Gasteiger partial charge on any atom is 0.236 e. The molecule has 0 atom stereocenters. The van der Waals surface area contributed by atoms with Gasteiger partial charge in [0.15, 0.2) is 0 Å². The summed E-state index contributed by atoms with van der Waals surface area (Å²) >= 11 is 0. The van der Waals surface area contributed by atoms with Gasteiger partial charge < -0.3 is 15.0 Å². The number of pyridine rings is 1. The molecule has 1 N–H and O–H groups in total. The Balaban J connectivity index is 1.18. The minimum atomic E-state index is 0.214. The van der Waals surface area contributed by atoms with Crippen LogP contribution in [0.3, 0.4) is 0 Å². The molecule has 5 rings (SSSR count). The average Bonchev–Trinajstić information content (AvgIpc) is 3.25. The molecule has 0 saturated carbocycles. The third-order valence-corrected chi connectivity index (χ3v) is 5.98. The largest absolute Gasteiger partial charge is 0.379 e. The molecule has 0 bridgehead atoms. The summed E-state index contributed by atoms with van der Waals surface area (Å²) in [6.45, 7) is 5.11. The topological polar surface area (TPSA) is 87.9 Å². The average molecular weight is 422 g/mol. The van der Waals surface area contributed by atoms with Gasteiger partial charge in [0.1, 0.15) is 5.65 Å². The molecular weight excluding hydrogens is 394 g/mol. The molecule has 1 amide bonds. The van der Waals surface area contributed by atoms with Crippen LogP contribution >= 0.6 is 0 Å². The third kappa shape index (κ3) is 4.52. The van der Waals surface area contributed by atoms with Crippen LogP contribution in [0.25, 0.3) is 17.0 Å². The first-order valence-corrected chi connectivity index (χ1v) is 10.9. The van der Waals surface area contributed by atoms with E-state index in [9.17, 15) is 4.79 Å². The highest BCUT2D eigenvalue weighted by Gasteiger charge is 2.25. The molecule has 5 heterocycles. The van der Waals surface area contributed by atoms with Crippen molar-refractivity contribution in [2.75, 3.05) is 51.3 Å². The van der Waals surface area contributed by atoms with Gasteiger partial charge in [-0.05, 0) is 31.0 Å². The summed E-state index contributed by atoms with van der Waals surface area (Å²) in [5.41, 5.74) is 2.65. The molecule has 0 unspecified atom stereocenters. The van der Waals surface area contributed by atoms with E-state index < -0.39 is 0 Å². The second-order valence-electron chi connectivity index (χ2n) is 8.03. The van der Waals surface area contributed by atoms with E-state index in [1.807, 2.05) is 46.0 Å². The molecule has 0 aromatic carbocycles. The summed E-state index contributed by atoms with van der Waals surface area (Å²) in [7, 11) is 0. The van der Waals surface area contributed by atoms with Crippen LogP contribution in [0.5, 0.6) is 0 Å².